The molecule has 2 rings (SSSR count). The van der Waals surface area contributed by atoms with Crippen molar-refractivity contribution in [3.8, 4) is 0 Å². The lowest BCUT2D eigenvalue weighted by Crippen LogP contribution is -2.45. The number of carbonyl (C=O) groups excluding carboxylic acids is 3. The molecule has 13 nitrogen and oxygen atoms in total. The van der Waals surface area contributed by atoms with Gasteiger partial charge in [-0.25, -0.2) is 0 Å². The van der Waals surface area contributed by atoms with Gasteiger partial charge >= 0.3 is 17.9 Å². The van der Waals surface area contributed by atoms with E-state index in [1.54, 1.807) is 0 Å². The minimum Gasteiger partial charge on any atom is -0.466 e. The number of aliphatic hydroxyl groups excluding tert-OH is 1. The minimum atomic E-state index is -0.354. The molecule has 1 saturated heterocycles. The van der Waals surface area contributed by atoms with Crippen LogP contribution in [-0.2, 0) is 42.8 Å². The second-order valence-electron chi connectivity index (χ2n) is 21.3. The fraction of sp³-hybridized carbons (Fsp3) is 0.949. The fourth-order valence-electron chi connectivity index (χ4n) is 9.81. The van der Waals surface area contributed by atoms with Gasteiger partial charge in [0.15, 0.2) is 6.29 Å². The average molecular weight is 1020 g/mol. The topological polar surface area (TPSA) is 137 Å². The third kappa shape index (κ3) is 36.2. The van der Waals surface area contributed by atoms with E-state index in [1.165, 1.54) is 103 Å². The van der Waals surface area contributed by atoms with Crippen molar-refractivity contribution >= 4 is 17.9 Å². The molecular formula is C59H113N3O10. The van der Waals surface area contributed by atoms with Gasteiger partial charge in [0.2, 0.25) is 0 Å². The Morgan fingerprint density at radius 2 is 1.04 bits per heavy atom. The average Bonchev–Trinajstić information content (AvgIpc) is 3.77. The molecule has 0 bridgehead atoms. The van der Waals surface area contributed by atoms with Crippen molar-refractivity contribution in [1.82, 2.24) is 14.7 Å². The van der Waals surface area contributed by atoms with Gasteiger partial charge in [-0.1, -0.05) is 156 Å². The number of nitrogens with zero attached hydrogens (tertiary/aromatic N) is 3. The molecule has 1 aliphatic heterocycles. The van der Waals surface area contributed by atoms with E-state index in [0.29, 0.717) is 77.9 Å². The predicted octanol–water partition coefficient (Wildman–Crippen LogP) is 12.4. The van der Waals surface area contributed by atoms with Crippen molar-refractivity contribution in [3.05, 3.63) is 0 Å². The first kappa shape index (κ1) is 66.2. The first-order valence-corrected chi connectivity index (χ1v) is 30.4. The van der Waals surface area contributed by atoms with Crippen LogP contribution in [0.4, 0.5) is 0 Å². The molecule has 0 amide bonds. The van der Waals surface area contributed by atoms with Crippen LogP contribution < -0.4 is 0 Å². The summed E-state index contributed by atoms with van der Waals surface area (Å²) in [6, 6.07) is 0.308. The van der Waals surface area contributed by atoms with Crippen LogP contribution in [0.2, 0.25) is 0 Å². The highest BCUT2D eigenvalue weighted by atomic mass is 16.7. The summed E-state index contributed by atoms with van der Waals surface area (Å²) in [6.07, 6.45) is 36.3. The maximum absolute atomic E-state index is 13.5. The zero-order valence-corrected chi connectivity index (χ0v) is 47.2. The van der Waals surface area contributed by atoms with Crippen molar-refractivity contribution in [3.63, 3.8) is 0 Å². The Balaban J connectivity index is 1.68. The monoisotopic (exact) mass is 1020 g/mol. The second-order valence-corrected chi connectivity index (χ2v) is 21.3. The first-order chi connectivity index (χ1) is 35.3. The van der Waals surface area contributed by atoms with Crippen molar-refractivity contribution in [1.29, 1.82) is 0 Å². The van der Waals surface area contributed by atoms with Gasteiger partial charge in [0, 0.05) is 77.8 Å². The zero-order chi connectivity index (χ0) is 52.0. The SMILES string of the molecule is CCCCCCCCCCCOC(=O)CCCCCN1CC(OCCCN(C)CCN(CCO)C2CCC2)CC1C(=O)OCCCCCCCOC(=O)CCC(OCCCCCCC)OCCCCCCC. The van der Waals surface area contributed by atoms with E-state index in [1.807, 2.05) is 0 Å². The standard InChI is InChI=1S/C59H113N3O10/c1-5-8-11-14-15-16-17-21-27-45-68-56(64)36-25-24-26-40-62-52-54(67-50-33-39-60(4)41-42-61(43-44-63)53-34-32-35-53)51-55(62)59(66)72-49-31-23-18-22-28-46-69-57(65)37-38-58(70-47-29-19-12-9-6-2)71-48-30-20-13-10-7-3/h53-55,58,63H,5-52H2,1-4H3. The summed E-state index contributed by atoms with van der Waals surface area (Å²) in [5.74, 6) is -0.454. The molecule has 13 heteroatoms. The van der Waals surface area contributed by atoms with Gasteiger partial charge in [-0.2, -0.15) is 0 Å². The number of hydrogen-bond donors (Lipinski definition) is 1. The number of rotatable bonds is 53. The number of aliphatic hydroxyl groups is 1. The van der Waals surface area contributed by atoms with Crippen LogP contribution in [0.15, 0.2) is 0 Å². The lowest BCUT2D eigenvalue weighted by atomic mass is 9.91. The van der Waals surface area contributed by atoms with Crippen LogP contribution in [0, 0.1) is 0 Å². The van der Waals surface area contributed by atoms with Crippen LogP contribution in [0.25, 0.3) is 0 Å². The highest BCUT2D eigenvalue weighted by molar-refractivity contribution is 5.76. The number of esters is 3. The van der Waals surface area contributed by atoms with E-state index < -0.39 is 0 Å². The zero-order valence-electron chi connectivity index (χ0n) is 47.2. The van der Waals surface area contributed by atoms with Crippen molar-refractivity contribution < 1.29 is 47.9 Å². The Labute approximate surface area is 441 Å². The smallest absolute Gasteiger partial charge is 0.323 e. The van der Waals surface area contributed by atoms with Crippen molar-refractivity contribution in [2.75, 3.05) is 92.6 Å². The fourth-order valence-corrected chi connectivity index (χ4v) is 9.81. The highest BCUT2D eigenvalue weighted by Gasteiger charge is 2.38. The maximum atomic E-state index is 13.5. The Kier molecular flexibility index (Phi) is 43.8. The Morgan fingerprint density at radius 3 is 1.57 bits per heavy atom. The highest BCUT2D eigenvalue weighted by Crippen LogP contribution is 2.25. The van der Waals surface area contributed by atoms with Crippen molar-refractivity contribution in [2.24, 2.45) is 0 Å². The molecule has 2 unspecified atom stereocenters. The molecule has 1 heterocycles. The van der Waals surface area contributed by atoms with Gasteiger partial charge in [-0.3, -0.25) is 24.2 Å². The summed E-state index contributed by atoms with van der Waals surface area (Å²) >= 11 is 0. The van der Waals surface area contributed by atoms with E-state index in [4.69, 9.17) is 28.4 Å². The summed E-state index contributed by atoms with van der Waals surface area (Å²) in [7, 11) is 2.16. The Bertz CT molecular complexity index is 1240. The first-order valence-electron chi connectivity index (χ1n) is 30.4. The molecule has 1 saturated carbocycles. The van der Waals surface area contributed by atoms with Crippen LogP contribution in [0.5, 0.6) is 0 Å². The summed E-state index contributed by atoms with van der Waals surface area (Å²) in [6.45, 7) is 15.4. The third-order valence-electron chi connectivity index (χ3n) is 14.7. The van der Waals surface area contributed by atoms with Gasteiger partial charge in [0.1, 0.15) is 6.04 Å². The van der Waals surface area contributed by atoms with Crippen LogP contribution in [0.1, 0.15) is 245 Å². The molecule has 1 aliphatic carbocycles. The summed E-state index contributed by atoms with van der Waals surface area (Å²) in [4.78, 5) is 45.6. The third-order valence-corrected chi connectivity index (χ3v) is 14.7. The molecule has 0 aromatic carbocycles. The van der Waals surface area contributed by atoms with Crippen LogP contribution in [-0.4, -0.2) is 155 Å². The van der Waals surface area contributed by atoms with Crippen LogP contribution in [0.3, 0.4) is 0 Å². The van der Waals surface area contributed by atoms with E-state index in [0.717, 1.165) is 129 Å². The molecule has 0 aromatic heterocycles. The van der Waals surface area contributed by atoms with Gasteiger partial charge in [-0.15, -0.1) is 0 Å². The van der Waals surface area contributed by atoms with E-state index in [2.05, 4.69) is 42.5 Å². The van der Waals surface area contributed by atoms with Gasteiger partial charge in [0.25, 0.3) is 0 Å². The van der Waals surface area contributed by atoms with E-state index in [9.17, 15) is 19.5 Å². The van der Waals surface area contributed by atoms with E-state index in [-0.39, 0.29) is 43.0 Å². The van der Waals surface area contributed by atoms with E-state index >= 15 is 0 Å². The summed E-state index contributed by atoms with van der Waals surface area (Å²) < 4.78 is 35.5. The van der Waals surface area contributed by atoms with Crippen LogP contribution >= 0.6 is 0 Å². The van der Waals surface area contributed by atoms with Gasteiger partial charge in [0.05, 0.1) is 39.0 Å². The molecule has 0 radical (unpaired) electrons. The van der Waals surface area contributed by atoms with Gasteiger partial charge in [-0.05, 0) is 77.8 Å². The molecule has 72 heavy (non-hydrogen) atoms. The predicted molar refractivity (Wildman–Crippen MR) is 292 cm³/mol. The molecule has 1 N–H and O–H groups in total. The minimum absolute atomic E-state index is 0.0186. The summed E-state index contributed by atoms with van der Waals surface area (Å²) in [5, 5.41) is 9.54. The Hall–Kier alpha value is -1.87. The molecular weight excluding hydrogens is 911 g/mol. The molecule has 424 valence electrons. The quantitative estimate of drug-likeness (QED) is 0.0268. The number of unbranched alkanes of at least 4 members (excludes halogenated alkanes) is 22. The Morgan fingerprint density at radius 1 is 0.542 bits per heavy atom. The number of ether oxygens (including phenoxy) is 6. The number of likely N-dealkylation sites (tertiary alicyclic amines) is 1. The molecule has 0 spiro atoms. The number of hydrogen-bond acceptors (Lipinski definition) is 13. The number of likely N-dealkylation sites (N-methyl/N-ethyl adjacent to an activating group) is 1. The lowest BCUT2D eigenvalue weighted by Gasteiger charge is -2.38. The molecule has 2 aliphatic rings. The second kappa shape index (κ2) is 47.6. The number of carbonyl (C=O) groups is 3. The lowest BCUT2D eigenvalue weighted by molar-refractivity contribution is -0.159. The molecule has 2 atom stereocenters. The van der Waals surface area contributed by atoms with Crippen molar-refractivity contribution in [2.45, 2.75) is 270 Å². The summed E-state index contributed by atoms with van der Waals surface area (Å²) in [5.41, 5.74) is 0. The normalized spacial score (nSPS) is 16.3. The maximum Gasteiger partial charge on any atom is 0.323 e. The van der Waals surface area contributed by atoms with Gasteiger partial charge < -0.3 is 38.4 Å². The molecule has 2 fully saturated rings. The largest absolute Gasteiger partial charge is 0.466 e. The molecule has 0 aromatic rings.